The molecule has 0 saturated carbocycles. The van der Waals surface area contributed by atoms with Crippen LogP contribution in [0.25, 0.3) is 0 Å². The Labute approximate surface area is 209 Å². The van der Waals surface area contributed by atoms with Crippen molar-refractivity contribution in [2.24, 2.45) is 0 Å². The van der Waals surface area contributed by atoms with Gasteiger partial charge in [0.1, 0.15) is 5.76 Å². The Morgan fingerprint density at radius 1 is 0.824 bits per heavy atom. The van der Waals surface area contributed by atoms with Crippen molar-refractivity contribution < 1.29 is 22.1 Å². The number of aromatic nitrogens is 1. The van der Waals surface area contributed by atoms with Crippen molar-refractivity contribution in [1.82, 2.24) is 4.98 Å². The molecule has 0 saturated heterocycles. The van der Waals surface area contributed by atoms with E-state index in [0.717, 1.165) is 61.7 Å². The first-order chi connectivity index (χ1) is 16.1. The van der Waals surface area contributed by atoms with Gasteiger partial charge in [-0.2, -0.15) is 0 Å². The topological polar surface area (TPSA) is 77.2 Å². The standard InChI is InChI=1S/C27H51N2O4S/c1-5-6-7-8-9-10-11-12-16-20-26(30)27-28-24-25(33-27)19-15-13-14-17-22-34(31,32)23-18-21-29(2,3)4/h24H,5-23H2,1-4H3/q+1. The first kappa shape index (κ1) is 30.8. The van der Waals surface area contributed by atoms with Crippen LogP contribution in [0.1, 0.15) is 120 Å². The highest BCUT2D eigenvalue weighted by Gasteiger charge is 2.15. The molecule has 0 fully saturated rings. The summed E-state index contributed by atoms with van der Waals surface area (Å²) in [6.45, 7) is 3.11. The maximum absolute atomic E-state index is 12.3. The van der Waals surface area contributed by atoms with Crippen molar-refractivity contribution in [2.75, 3.05) is 39.2 Å². The number of unbranched alkanes of at least 4 members (excludes halogenated alkanes) is 11. The molecule has 0 atom stereocenters. The van der Waals surface area contributed by atoms with E-state index in [1.54, 1.807) is 6.20 Å². The molecule has 0 radical (unpaired) electrons. The highest BCUT2D eigenvalue weighted by atomic mass is 32.2. The molecule has 0 aliphatic rings. The van der Waals surface area contributed by atoms with Crippen LogP contribution >= 0.6 is 0 Å². The number of hydrogen-bond acceptors (Lipinski definition) is 5. The highest BCUT2D eigenvalue weighted by molar-refractivity contribution is 7.91. The first-order valence-corrected chi connectivity index (χ1v) is 15.4. The zero-order valence-electron chi connectivity index (χ0n) is 22.4. The summed E-state index contributed by atoms with van der Waals surface area (Å²) in [5.41, 5.74) is 0. The van der Waals surface area contributed by atoms with Crippen LogP contribution in [0.5, 0.6) is 0 Å². The zero-order valence-corrected chi connectivity index (χ0v) is 23.3. The Balaban J connectivity index is 2.09. The SMILES string of the molecule is CCCCCCCCCCCC(=O)c1ncc(CCCCCCS(=O)(=O)CCC[N+](C)(C)C)o1. The summed E-state index contributed by atoms with van der Waals surface area (Å²) in [7, 11) is 3.30. The number of oxazole rings is 1. The Hall–Kier alpha value is -1.21. The molecule has 34 heavy (non-hydrogen) atoms. The molecule has 0 unspecified atom stereocenters. The normalized spacial score (nSPS) is 12.4. The summed E-state index contributed by atoms with van der Waals surface area (Å²) in [6.07, 6.45) is 18.2. The summed E-state index contributed by atoms with van der Waals surface area (Å²) in [6, 6.07) is 0. The quantitative estimate of drug-likeness (QED) is 0.105. The second-order valence-corrected chi connectivity index (χ2v) is 13.1. The molecular weight excluding hydrogens is 448 g/mol. The fourth-order valence-corrected chi connectivity index (χ4v) is 5.51. The van der Waals surface area contributed by atoms with Crippen molar-refractivity contribution in [2.45, 2.75) is 110 Å². The molecule has 198 valence electrons. The third-order valence-electron chi connectivity index (χ3n) is 6.21. The number of rotatable bonds is 22. The van der Waals surface area contributed by atoms with E-state index in [1.807, 2.05) is 0 Å². The third kappa shape index (κ3) is 16.4. The number of hydrogen-bond donors (Lipinski definition) is 0. The molecule has 7 heteroatoms. The molecule has 1 heterocycles. The van der Waals surface area contributed by atoms with Gasteiger partial charge in [0.25, 0.3) is 5.89 Å². The minimum absolute atomic E-state index is 0.00432. The Kier molecular flexibility index (Phi) is 15.6. The number of aryl methyl sites for hydroxylation is 1. The molecule has 0 aromatic carbocycles. The maximum Gasteiger partial charge on any atom is 0.263 e. The lowest BCUT2D eigenvalue weighted by Gasteiger charge is -2.23. The Morgan fingerprint density at radius 2 is 1.38 bits per heavy atom. The number of carbonyl (C=O) groups is 1. The minimum Gasteiger partial charge on any atom is -0.439 e. The molecule has 1 aromatic heterocycles. The molecule has 0 aliphatic carbocycles. The van der Waals surface area contributed by atoms with Gasteiger partial charge in [0.2, 0.25) is 5.78 Å². The molecule has 0 spiro atoms. The van der Waals surface area contributed by atoms with Crippen LogP contribution in [0.3, 0.4) is 0 Å². The van der Waals surface area contributed by atoms with Gasteiger partial charge in [-0.05, 0) is 19.3 Å². The molecule has 6 nitrogen and oxygen atoms in total. The predicted octanol–water partition coefficient (Wildman–Crippen LogP) is 6.39. The predicted molar refractivity (Wildman–Crippen MR) is 141 cm³/mol. The van der Waals surface area contributed by atoms with Gasteiger partial charge in [0.15, 0.2) is 9.84 Å². The van der Waals surface area contributed by atoms with Gasteiger partial charge in [0.05, 0.1) is 45.4 Å². The van der Waals surface area contributed by atoms with Gasteiger partial charge in [-0.25, -0.2) is 13.4 Å². The van der Waals surface area contributed by atoms with Crippen molar-refractivity contribution in [1.29, 1.82) is 0 Å². The molecule has 1 aromatic rings. The summed E-state index contributed by atoms with van der Waals surface area (Å²) in [5.74, 6) is 1.57. The maximum atomic E-state index is 12.3. The van der Waals surface area contributed by atoms with Gasteiger partial charge < -0.3 is 8.90 Å². The highest BCUT2D eigenvalue weighted by Crippen LogP contribution is 2.15. The first-order valence-electron chi connectivity index (χ1n) is 13.6. The van der Waals surface area contributed by atoms with E-state index >= 15 is 0 Å². The van der Waals surface area contributed by atoms with Gasteiger partial charge in [0, 0.05) is 19.3 Å². The van der Waals surface area contributed by atoms with E-state index in [-0.39, 0.29) is 23.2 Å². The van der Waals surface area contributed by atoms with E-state index < -0.39 is 9.84 Å². The zero-order chi connectivity index (χ0) is 25.3. The van der Waals surface area contributed by atoms with E-state index in [0.29, 0.717) is 12.8 Å². The van der Waals surface area contributed by atoms with E-state index in [1.165, 1.54) is 44.9 Å². The third-order valence-corrected chi connectivity index (χ3v) is 8.03. The molecule has 1 rings (SSSR count). The number of Topliss-reactive ketones (excluding diaryl/α,β-unsaturated/α-hetero) is 1. The van der Waals surface area contributed by atoms with E-state index in [9.17, 15) is 13.2 Å². The van der Waals surface area contributed by atoms with Crippen LogP contribution < -0.4 is 0 Å². The van der Waals surface area contributed by atoms with E-state index in [4.69, 9.17) is 4.42 Å². The Bertz CT molecular complexity index is 766. The number of nitrogens with zero attached hydrogens (tertiary/aromatic N) is 2. The Morgan fingerprint density at radius 3 is 2.03 bits per heavy atom. The summed E-state index contributed by atoms with van der Waals surface area (Å²) in [5, 5.41) is 0. The number of ketones is 1. The van der Waals surface area contributed by atoms with Gasteiger partial charge in [-0.3, -0.25) is 4.79 Å². The van der Waals surface area contributed by atoms with Crippen LogP contribution in [0.2, 0.25) is 0 Å². The average Bonchev–Trinajstić information content (AvgIpc) is 3.23. The largest absolute Gasteiger partial charge is 0.439 e. The van der Waals surface area contributed by atoms with Gasteiger partial charge in [-0.15, -0.1) is 0 Å². The molecule has 0 bridgehead atoms. The summed E-state index contributed by atoms with van der Waals surface area (Å²) in [4.78, 5) is 16.5. The smallest absolute Gasteiger partial charge is 0.263 e. The molecule has 0 N–H and O–H groups in total. The summed E-state index contributed by atoms with van der Waals surface area (Å²) >= 11 is 0. The van der Waals surface area contributed by atoms with Crippen LogP contribution in [-0.4, -0.2) is 62.9 Å². The summed E-state index contributed by atoms with van der Waals surface area (Å²) < 4.78 is 30.7. The van der Waals surface area contributed by atoms with Crippen molar-refractivity contribution in [3.8, 4) is 0 Å². The van der Waals surface area contributed by atoms with Crippen LogP contribution in [-0.2, 0) is 16.3 Å². The minimum atomic E-state index is -2.94. The number of carbonyl (C=O) groups excluding carboxylic acids is 1. The lowest BCUT2D eigenvalue weighted by atomic mass is 10.1. The van der Waals surface area contributed by atoms with Crippen LogP contribution in [0.15, 0.2) is 10.6 Å². The molecule has 0 amide bonds. The van der Waals surface area contributed by atoms with E-state index in [2.05, 4.69) is 33.1 Å². The van der Waals surface area contributed by atoms with Gasteiger partial charge >= 0.3 is 0 Å². The van der Waals surface area contributed by atoms with Gasteiger partial charge in [-0.1, -0.05) is 71.1 Å². The lowest BCUT2D eigenvalue weighted by molar-refractivity contribution is -0.870. The monoisotopic (exact) mass is 499 g/mol. The van der Waals surface area contributed by atoms with Crippen molar-refractivity contribution >= 4 is 15.6 Å². The van der Waals surface area contributed by atoms with Crippen LogP contribution in [0, 0.1) is 0 Å². The van der Waals surface area contributed by atoms with Crippen molar-refractivity contribution in [3.63, 3.8) is 0 Å². The van der Waals surface area contributed by atoms with Crippen LogP contribution in [0.4, 0.5) is 0 Å². The van der Waals surface area contributed by atoms with Crippen molar-refractivity contribution in [3.05, 3.63) is 17.8 Å². The second-order valence-electron chi connectivity index (χ2n) is 10.8. The average molecular weight is 500 g/mol. The lowest BCUT2D eigenvalue weighted by Crippen LogP contribution is -2.36. The number of sulfone groups is 1. The fraction of sp³-hybridized carbons (Fsp3) is 0.852. The number of quaternary nitrogens is 1. The molecule has 0 aliphatic heterocycles. The second kappa shape index (κ2) is 17.3. The molecular formula is C27H51N2O4S+. The fourth-order valence-electron chi connectivity index (χ4n) is 4.09.